The van der Waals surface area contributed by atoms with Gasteiger partial charge in [-0.1, -0.05) is 12.1 Å². The molecule has 1 atom stereocenters. The molecule has 4 nitrogen and oxygen atoms in total. The Labute approximate surface area is 66.0 Å². The van der Waals surface area contributed by atoms with Gasteiger partial charge in [-0.2, -0.15) is 4.98 Å². The Balaban J connectivity index is 2.73. The maximum atomic E-state index is 4.98. The molecule has 0 bridgehead atoms. The molecule has 4 heteroatoms. The first-order valence-corrected chi connectivity index (χ1v) is 3.75. The van der Waals surface area contributed by atoms with Crippen LogP contribution in [0.4, 0.5) is 0 Å². The fraction of sp³-hybridized carbons (Fsp3) is 0.714. The van der Waals surface area contributed by atoms with E-state index in [9.17, 15) is 0 Å². The second-order valence-corrected chi connectivity index (χ2v) is 2.43. The summed E-state index contributed by atoms with van der Waals surface area (Å²) in [6.07, 6.45) is 0.956. The van der Waals surface area contributed by atoms with Gasteiger partial charge in [0.2, 0.25) is 5.89 Å². The first-order valence-electron chi connectivity index (χ1n) is 3.75. The lowest BCUT2D eigenvalue weighted by molar-refractivity contribution is 0.332. The van der Waals surface area contributed by atoms with Crippen LogP contribution in [0.25, 0.3) is 0 Å². The van der Waals surface area contributed by atoms with Gasteiger partial charge in [0.05, 0.1) is 6.04 Å². The van der Waals surface area contributed by atoms with Gasteiger partial charge >= 0.3 is 0 Å². The van der Waals surface area contributed by atoms with Crippen LogP contribution in [0.15, 0.2) is 4.52 Å². The third-order valence-electron chi connectivity index (χ3n) is 1.60. The van der Waals surface area contributed by atoms with E-state index in [1.807, 2.05) is 14.0 Å². The van der Waals surface area contributed by atoms with Gasteiger partial charge in [-0.25, -0.2) is 0 Å². The molecule has 0 amide bonds. The topological polar surface area (TPSA) is 51.0 Å². The second kappa shape index (κ2) is 3.48. The summed E-state index contributed by atoms with van der Waals surface area (Å²) in [5, 5.41) is 6.79. The number of nitrogens with one attached hydrogen (secondary N) is 1. The van der Waals surface area contributed by atoms with Gasteiger partial charge in [0.15, 0.2) is 5.82 Å². The number of hydrogen-bond acceptors (Lipinski definition) is 4. The van der Waals surface area contributed by atoms with Crippen molar-refractivity contribution in [2.45, 2.75) is 26.3 Å². The van der Waals surface area contributed by atoms with Crippen molar-refractivity contribution in [2.24, 2.45) is 0 Å². The highest BCUT2D eigenvalue weighted by Gasteiger charge is 2.12. The highest BCUT2D eigenvalue weighted by Crippen LogP contribution is 2.12. The lowest BCUT2D eigenvalue weighted by atomic mass is 10.2. The number of rotatable bonds is 3. The molecule has 0 spiro atoms. The summed E-state index contributed by atoms with van der Waals surface area (Å²) in [4.78, 5) is 4.11. The van der Waals surface area contributed by atoms with Crippen LogP contribution in [-0.4, -0.2) is 17.2 Å². The van der Waals surface area contributed by atoms with Gasteiger partial charge in [-0.15, -0.1) is 0 Å². The van der Waals surface area contributed by atoms with Crippen molar-refractivity contribution in [3.8, 4) is 0 Å². The minimum atomic E-state index is 0.191. The van der Waals surface area contributed by atoms with Gasteiger partial charge in [-0.05, 0) is 20.4 Å². The van der Waals surface area contributed by atoms with E-state index in [2.05, 4.69) is 22.4 Å². The van der Waals surface area contributed by atoms with Gasteiger partial charge < -0.3 is 9.84 Å². The zero-order valence-corrected chi connectivity index (χ0v) is 7.09. The fourth-order valence-corrected chi connectivity index (χ4v) is 0.957. The zero-order chi connectivity index (χ0) is 8.27. The summed E-state index contributed by atoms with van der Waals surface area (Å²) in [5.41, 5.74) is 0. The van der Waals surface area contributed by atoms with Gasteiger partial charge in [0.25, 0.3) is 0 Å². The standard InChI is InChI=1S/C7H13N3O/c1-4-6(8-3)7-9-5(2)10-11-7/h6,8H,4H2,1-3H3. The Kier molecular flexibility index (Phi) is 2.59. The molecule has 0 saturated carbocycles. The minimum Gasteiger partial charge on any atom is -0.338 e. The summed E-state index contributed by atoms with van der Waals surface area (Å²) in [5.74, 6) is 1.36. The Hall–Kier alpha value is -0.900. The summed E-state index contributed by atoms with van der Waals surface area (Å²) in [7, 11) is 1.88. The number of aromatic nitrogens is 2. The largest absolute Gasteiger partial charge is 0.338 e. The van der Waals surface area contributed by atoms with Crippen LogP contribution in [-0.2, 0) is 0 Å². The van der Waals surface area contributed by atoms with Crippen molar-refractivity contribution in [3.05, 3.63) is 11.7 Å². The third kappa shape index (κ3) is 1.77. The second-order valence-electron chi connectivity index (χ2n) is 2.43. The zero-order valence-electron chi connectivity index (χ0n) is 7.09. The van der Waals surface area contributed by atoms with Crippen molar-refractivity contribution in [1.29, 1.82) is 0 Å². The van der Waals surface area contributed by atoms with Crippen molar-refractivity contribution in [2.75, 3.05) is 7.05 Å². The summed E-state index contributed by atoms with van der Waals surface area (Å²) in [6, 6.07) is 0.191. The molecule has 0 aliphatic heterocycles. The molecular weight excluding hydrogens is 142 g/mol. The van der Waals surface area contributed by atoms with E-state index in [0.717, 1.165) is 6.42 Å². The van der Waals surface area contributed by atoms with Crippen molar-refractivity contribution < 1.29 is 4.52 Å². The molecule has 0 aromatic carbocycles. The summed E-state index contributed by atoms with van der Waals surface area (Å²) < 4.78 is 4.98. The number of aryl methyl sites for hydroxylation is 1. The summed E-state index contributed by atoms with van der Waals surface area (Å²) >= 11 is 0. The quantitative estimate of drug-likeness (QED) is 0.708. The minimum absolute atomic E-state index is 0.191. The van der Waals surface area contributed by atoms with Crippen LogP contribution in [0.3, 0.4) is 0 Å². The number of hydrogen-bond donors (Lipinski definition) is 1. The van der Waals surface area contributed by atoms with Crippen molar-refractivity contribution in [1.82, 2.24) is 15.5 Å². The Morgan fingerprint density at radius 2 is 2.36 bits per heavy atom. The van der Waals surface area contributed by atoms with E-state index >= 15 is 0 Å². The first kappa shape index (κ1) is 8.20. The molecule has 1 heterocycles. The van der Waals surface area contributed by atoms with Gasteiger partial charge in [0.1, 0.15) is 0 Å². The van der Waals surface area contributed by atoms with E-state index in [4.69, 9.17) is 4.52 Å². The fourth-order valence-electron chi connectivity index (χ4n) is 0.957. The SMILES string of the molecule is CCC(NC)c1nc(C)no1. The van der Waals surface area contributed by atoms with Crippen LogP contribution in [0, 0.1) is 6.92 Å². The van der Waals surface area contributed by atoms with E-state index in [1.54, 1.807) is 0 Å². The average Bonchev–Trinajstić information content (AvgIpc) is 2.39. The van der Waals surface area contributed by atoms with Crippen LogP contribution < -0.4 is 5.32 Å². The maximum absolute atomic E-state index is 4.98. The van der Waals surface area contributed by atoms with Gasteiger partial charge in [0, 0.05) is 0 Å². The van der Waals surface area contributed by atoms with Crippen LogP contribution in [0.5, 0.6) is 0 Å². The van der Waals surface area contributed by atoms with Crippen LogP contribution in [0.1, 0.15) is 31.1 Å². The molecule has 0 radical (unpaired) electrons. The molecule has 1 aromatic rings. The molecule has 1 unspecified atom stereocenters. The van der Waals surface area contributed by atoms with E-state index in [0.29, 0.717) is 11.7 Å². The lowest BCUT2D eigenvalue weighted by Gasteiger charge is -2.06. The molecule has 1 N–H and O–H groups in total. The Bertz CT molecular complexity index is 217. The van der Waals surface area contributed by atoms with Crippen molar-refractivity contribution in [3.63, 3.8) is 0 Å². The molecular formula is C7H13N3O. The molecule has 1 aromatic heterocycles. The molecule has 0 aliphatic carbocycles. The maximum Gasteiger partial charge on any atom is 0.243 e. The lowest BCUT2D eigenvalue weighted by Crippen LogP contribution is -2.15. The van der Waals surface area contributed by atoms with E-state index in [-0.39, 0.29) is 6.04 Å². The molecule has 0 fully saturated rings. The predicted octanol–water partition coefficient (Wildman–Crippen LogP) is 1.05. The Morgan fingerprint density at radius 3 is 2.73 bits per heavy atom. The van der Waals surface area contributed by atoms with E-state index in [1.165, 1.54) is 0 Å². The number of nitrogens with zero attached hydrogens (tertiary/aromatic N) is 2. The first-order chi connectivity index (χ1) is 5.27. The highest BCUT2D eigenvalue weighted by molar-refractivity contribution is 4.89. The smallest absolute Gasteiger partial charge is 0.243 e. The monoisotopic (exact) mass is 155 g/mol. The molecule has 62 valence electrons. The molecule has 0 aliphatic rings. The predicted molar refractivity (Wildman–Crippen MR) is 41.1 cm³/mol. The summed E-state index contributed by atoms with van der Waals surface area (Å²) in [6.45, 7) is 3.88. The van der Waals surface area contributed by atoms with E-state index < -0.39 is 0 Å². The normalized spacial score (nSPS) is 13.4. The molecule has 11 heavy (non-hydrogen) atoms. The Morgan fingerprint density at radius 1 is 1.64 bits per heavy atom. The van der Waals surface area contributed by atoms with Crippen LogP contribution >= 0.6 is 0 Å². The van der Waals surface area contributed by atoms with Crippen molar-refractivity contribution >= 4 is 0 Å². The highest BCUT2D eigenvalue weighted by atomic mass is 16.5. The van der Waals surface area contributed by atoms with Crippen LogP contribution in [0.2, 0.25) is 0 Å². The van der Waals surface area contributed by atoms with Gasteiger partial charge in [-0.3, -0.25) is 0 Å². The molecule has 0 saturated heterocycles. The third-order valence-corrected chi connectivity index (χ3v) is 1.60. The average molecular weight is 155 g/mol. The molecule has 1 rings (SSSR count).